The topological polar surface area (TPSA) is 92.7 Å². The Kier molecular flexibility index (Phi) is 12.5. The zero-order chi connectivity index (χ0) is 32.0. The molecule has 0 spiro atoms. The first-order valence-electron chi connectivity index (χ1n) is 15.7. The van der Waals surface area contributed by atoms with Gasteiger partial charge in [-0.05, 0) is 29.2 Å². The van der Waals surface area contributed by atoms with Gasteiger partial charge in [0.15, 0.2) is 0 Å². The van der Waals surface area contributed by atoms with Crippen molar-refractivity contribution in [1.29, 1.82) is 0 Å². The first kappa shape index (κ1) is 33.5. The van der Waals surface area contributed by atoms with E-state index in [1.165, 1.54) is 0 Å². The lowest BCUT2D eigenvalue weighted by Crippen LogP contribution is -2.67. The third kappa shape index (κ3) is 9.56. The van der Waals surface area contributed by atoms with Crippen molar-refractivity contribution in [3.8, 4) is 0 Å². The molecule has 0 unspecified atom stereocenters. The van der Waals surface area contributed by atoms with E-state index in [2.05, 4.69) is 0 Å². The van der Waals surface area contributed by atoms with Gasteiger partial charge in [-0.15, -0.1) is 0 Å². The van der Waals surface area contributed by atoms with Gasteiger partial charge in [-0.2, -0.15) is 0 Å². The second-order valence-electron chi connectivity index (χ2n) is 11.2. The van der Waals surface area contributed by atoms with Crippen LogP contribution in [0.5, 0.6) is 0 Å². The largest absolute Gasteiger partial charge is 0.466 e. The lowest BCUT2D eigenvalue weighted by atomic mass is 9.89. The molecule has 0 bridgehead atoms. The summed E-state index contributed by atoms with van der Waals surface area (Å²) in [7, 11) is 0. The van der Waals surface area contributed by atoms with Gasteiger partial charge in [0.1, 0.15) is 30.8 Å². The summed E-state index contributed by atoms with van der Waals surface area (Å²) in [6, 6.07) is 38.9. The molecule has 1 aliphatic rings. The van der Waals surface area contributed by atoms with Crippen LogP contribution >= 0.6 is 0 Å². The molecule has 1 fully saturated rings. The SMILES string of the molecule is CCOC(=O)C[C@]1(O)O[C@H](COCc2ccccc2)[C@H](OCc2ccccc2)[C@H](OCc2ccccc2)[C@H]1OCc1ccccc1. The minimum atomic E-state index is -2.10. The summed E-state index contributed by atoms with van der Waals surface area (Å²) in [5, 5.41) is 12.2. The molecule has 4 aromatic carbocycles. The van der Waals surface area contributed by atoms with Crippen molar-refractivity contribution in [2.75, 3.05) is 13.2 Å². The second-order valence-corrected chi connectivity index (χ2v) is 11.2. The van der Waals surface area contributed by atoms with Crippen molar-refractivity contribution in [3.05, 3.63) is 144 Å². The highest BCUT2D eigenvalue weighted by Crippen LogP contribution is 2.38. The van der Waals surface area contributed by atoms with Gasteiger partial charge in [0, 0.05) is 0 Å². The van der Waals surface area contributed by atoms with Crippen LogP contribution in [0.4, 0.5) is 0 Å². The highest BCUT2D eigenvalue weighted by Gasteiger charge is 2.57. The molecule has 8 heteroatoms. The van der Waals surface area contributed by atoms with Crippen LogP contribution in [0.15, 0.2) is 121 Å². The monoisotopic (exact) mass is 626 g/mol. The Morgan fingerprint density at radius 3 is 1.57 bits per heavy atom. The number of aliphatic hydroxyl groups is 1. The van der Waals surface area contributed by atoms with Crippen molar-refractivity contribution < 1.29 is 38.3 Å². The van der Waals surface area contributed by atoms with E-state index < -0.39 is 42.6 Å². The molecule has 0 saturated carbocycles. The molecule has 1 heterocycles. The molecular formula is C38H42O8. The van der Waals surface area contributed by atoms with Crippen molar-refractivity contribution in [2.45, 2.75) is 70.0 Å². The van der Waals surface area contributed by atoms with E-state index in [9.17, 15) is 9.90 Å². The predicted molar refractivity (Wildman–Crippen MR) is 172 cm³/mol. The molecule has 5 atom stereocenters. The summed E-state index contributed by atoms with van der Waals surface area (Å²) in [5.74, 6) is -2.72. The molecule has 1 saturated heterocycles. The van der Waals surface area contributed by atoms with Gasteiger partial charge in [-0.25, -0.2) is 0 Å². The Morgan fingerprint density at radius 2 is 1.09 bits per heavy atom. The summed E-state index contributed by atoms with van der Waals surface area (Å²) in [4.78, 5) is 12.9. The van der Waals surface area contributed by atoms with Crippen LogP contribution in [-0.4, -0.2) is 54.5 Å². The second kappa shape index (κ2) is 17.1. The Morgan fingerprint density at radius 1 is 0.652 bits per heavy atom. The lowest BCUT2D eigenvalue weighted by Gasteiger charge is -2.50. The average Bonchev–Trinajstić information content (AvgIpc) is 3.08. The van der Waals surface area contributed by atoms with Gasteiger partial charge in [-0.3, -0.25) is 4.79 Å². The Hall–Kier alpha value is -3.89. The molecular weight excluding hydrogens is 584 g/mol. The van der Waals surface area contributed by atoms with E-state index in [0.717, 1.165) is 22.3 Å². The molecule has 1 N–H and O–H groups in total. The fourth-order valence-electron chi connectivity index (χ4n) is 5.50. The van der Waals surface area contributed by atoms with Gasteiger partial charge in [-0.1, -0.05) is 121 Å². The van der Waals surface area contributed by atoms with Crippen molar-refractivity contribution in [1.82, 2.24) is 0 Å². The van der Waals surface area contributed by atoms with Crippen LogP contribution in [0.25, 0.3) is 0 Å². The van der Waals surface area contributed by atoms with Gasteiger partial charge in [0.2, 0.25) is 5.79 Å². The number of ether oxygens (including phenoxy) is 6. The maximum atomic E-state index is 12.9. The fraction of sp³-hybridized carbons (Fsp3) is 0.342. The van der Waals surface area contributed by atoms with E-state index in [1.807, 2.05) is 121 Å². The van der Waals surface area contributed by atoms with Gasteiger partial charge >= 0.3 is 5.97 Å². The van der Waals surface area contributed by atoms with E-state index in [0.29, 0.717) is 6.61 Å². The number of carbonyl (C=O) groups excluding carboxylic acids is 1. The molecule has 0 radical (unpaired) electrons. The van der Waals surface area contributed by atoms with Crippen LogP contribution in [0.2, 0.25) is 0 Å². The number of benzene rings is 4. The standard InChI is InChI=1S/C38H42O8/c1-2-42-34(39)23-38(40)37(45-27-32-21-13-6-14-22-32)36(44-26-31-19-11-5-12-20-31)35(43-25-30-17-9-4-10-18-30)33(46-38)28-41-24-29-15-7-3-8-16-29/h3-22,33,35-37,40H,2,23-28H2,1H3/t33-,35+,36+,37-,38+/m1/s1. The minimum Gasteiger partial charge on any atom is -0.466 e. The predicted octanol–water partition coefficient (Wildman–Crippen LogP) is 6.00. The highest BCUT2D eigenvalue weighted by atomic mass is 16.7. The molecule has 0 amide bonds. The van der Waals surface area contributed by atoms with Crippen LogP contribution in [0.3, 0.4) is 0 Å². The summed E-state index contributed by atoms with van der Waals surface area (Å²) >= 11 is 0. The minimum absolute atomic E-state index is 0.0656. The zero-order valence-electron chi connectivity index (χ0n) is 26.1. The highest BCUT2D eigenvalue weighted by molar-refractivity contribution is 5.70. The summed E-state index contributed by atoms with van der Waals surface area (Å²) in [5.41, 5.74) is 3.77. The van der Waals surface area contributed by atoms with Gasteiger partial charge in [0.25, 0.3) is 0 Å². The van der Waals surface area contributed by atoms with Crippen LogP contribution in [0, 0.1) is 0 Å². The third-order valence-electron chi connectivity index (χ3n) is 7.73. The summed E-state index contributed by atoms with van der Waals surface area (Å²) < 4.78 is 37.4. The molecule has 0 aromatic heterocycles. The number of hydrogen-bond donors (Lipinski definition) is 1. The normalized spacial score (nSPS) is 22.7. The molecule has 8 nitrogen and oxygen atoms in total. The molecule has 242 valence electrons. The average molecular weight is 627 g/mol. The number of hydrogen-bond acceptors (Lipinski definition) is 8. The van der Waals surface area contributed by atoms with Crippen LogP contribution < -0.4 is 0 Å². The van der Waals surface area contributed by atoms with Crippen molar-refractivity contribution >= 4 is 5.97 Å². The fourth-order valence-corrected chi connectivity index (χ4v) is 5.50. The summed E-state index contributed by atoms with van der Waals surface area (Å²) in [6.45, 7) is 2.89. The quantitative estimate of drug-likeness (QED) is 0.152. The Balaban J connectivity index is 1.48. The molecule has 0 aliphatic carbocycles. The third-order valence-corrected chi connectivity index (χ3v) is 7.73. The first-order chi connectivity index (χ1) is 22.5. The van der Waals surface area contributed by atoms with Crippen LogP contribution in [-0.2, 0) is 59.6 Å². The number of esters is 1. The molecule has 4 aromatic rings. The maximum absolute atomic E-state index is 12.9. The molecule has 1 aliphatic heterocycles. The zero-order valence-corrected chi connectivity index (χ0v) is 26.1. The van der Waals surface area contributed by atoms with Crippen molar-refractivity contribution in [3.63, 3.8) is 0 Å². The first-order valence-corrected chi connectivity index (χ1v) is 15.7. The smallest absolute Gasteiger partial charge is 0.311 e. The maximum Gasteiger partial charge on any atom is 0.311 e. The Labute approximate surface area is 270 Å². The summed E-state index contributed by atoms with van der Waals surface area (Å²) in [6.07, 6.45) is -3.99. The van der Waals surface area contributed by atoms with Crippen molar-refractivity contribution in [2.24, 2.45) is 0 Å². The Bertz CT molecular complexity index is 1440. The molecule has 5 rings (SSSR count). The lowest BCUT2D eigenvalue weighted by molar-refractivity contribution is -0.370. The van der Waals surface area contributed by atoms with E-state index >= 15 is 0 Å². The van der Waals surface area contributed by atoms with Crippen LogP contribution in [0.1, 0.15) is 35.6 Å². The van der Waals surface area contributed by atoms with Gasteiger partial charge in [0.05, 0.1) is 39.6 Å². The number of rotatable bonds is 16. The van der Waals surface area contributed by atoms with E-state index in [-0.39, 0.29) is 33.0 Å². The van der Waals surface area contributed by atoms with Gasteiger partial charge < -0.3 is 33.5 Å². The van der Waals surface area contributed by atoms with E-state index in [1.54, 1.807) is 6.92 Å². The van der Waals surface area contributed by atoms with E-state index in [4.69, 9.17) is 28.4 Å². The number of carbonyl (C=O) groups is 1. The molecule has 46 heavy (non-hydrogen) atoms.